The van der Waals surface area contributed by atoms with E-state index in [1.807, 2.05) is 18.2 Å². The van der Waals surface area contributed by atoms with E-state index in [0.29, 0.717) is 23.8 Å². The predicted octanol–water partition coefficient (Wildman–Crippen LogP) is 3.33. The van der Waals surface area contributed by atoms with Gasteiger partial charge in [0.25, 0.3) is 5.91 Å². The molecule has 1 saturated carbocycles. The molecule has 0 spiro atoms. The average molecular weight is 344 g/mol. The molecule has 3 N–H and O–H groups in total. The molecule has 1 atom stereocenters. The molecule has 0 bridgehead atoms. The lowest BCUT2D eigenvalue weighted by atomic mass is 9.85. The number of carbonyl (C=O) groups excluding carboxylic acids is 1. The number of rotatable bonds is 6. The number of carboxylic acid groups (broad SMARTS) is 1. The van der Waals surface area contributed by atoms with E-state index < -0.39 is 17.9 Å². The highest BCUT2D eigenvalue weighted by Gasteiger charge is 2.26. The Bertz CT molecular complexity index is 762. The van der Waals surface area contributed by atoms with Crippen LogP contribution in [0.4, 0.5) is 0 Å². The quantitative estimate of drug-likeness (QED) is 0.749. The van der Waals surface area contributed by atoms with Crippen LogP contribution in [0.5, 0.6) is 5.75 Å². The van der Waals surface area contributed by atoms with Crippen molar-refractivity contribution in [1.82, 2.24) is 10.3 Å². The Hall–Kier alpha value is -2.50. The Morgan fingerprint density at radius 1 is 1.32 bits per heavy atom. The van der Waals surface area contributed by atoms with Crippen molar-refractivity contribution in [1.29, 1.82) is 0 Å². The number of carboxylic acids is 1. The summed E-state index contributed by atoms with van der Waals surface area (Å²) in [5.74, 6) is -0.336. The maximum atomic E-state index is 12.5. The minimum Gasteiger partial charge on any atom is -0.496 e. The smallest absolute Gasteiger partial charge is 0.326 e. The van der Waals surface area contributed by atoms with Gasteiger partial charge in [0.2, 0.25) is 0 Å². The molecule has 0 saturated heterocycles. The summed E-state index contributed by atoms with van der Waals surface area (Å²) in [4.78, 5) is 27.1. The molecule has 0 unspecified atom stereocenters. The zero-order valence-electron chi connectivity index (χ0n) is 14.4. The number of hydrogen-bond donors (Lipinski definition) is 3. The molecule has 1 aromatic heterocycles. The van der Waals surface area contributed by atoms with E-state index in [2.05, 4.69) is 10.3 Å². The number of hydrogen-bond acceptors (Lipinski definition) is 3. The number of fused-ring (bicyclic) bond motifs is 1. The second-order valence-electron chi connectivity index (χ2n) is 6.71. The van der Waals surface area contributed by atoms with Crippen molar-refractivity contribution in [3.63, 3.8) is 0 Å². The third kappa shape index (κ3) is 3.95. The Morgan fingerprint density at radius 2 is 2.08 bits per heavy atom. The van der Waals surface area contributed by atoms with Crippen molar-refractivity contribution < 1.29 is 19.4 Å². The third-order valence-corrected chi connectivity index (χ3v) is 4.99. The van der Waals surface area contributed by atoms with Gasteiger partial charge in [-0.2, -0.15) is 0 Å². The van der Waals surface area contributed by atoms with Crippen molar-refractivity contribution >= 4 is 22.8 Å². The van der Waals surface area contributed by atoms with Gasteiger partial charge in [-0.25, -0.2) is 4.79 Å². The van der Waals surface area contributed by atoms with Crippen LogP contribution >= 0.6 is 0 Å². The first kappa shape index (κ1) is 17.3. The van der Waals surface area contributed by atoms with Gasteiger partial charge in [-0.3, -0.25) is 4.79 Å². The van der Waals surface area contributed by atoms with E-state index in [1.54, 1.807) is 13.2 Å². The standard InChI is InChI=1S/C19H24N2O4/c1-25-17-9-5-8-14-13(17)11-15(20-14)18(22)21-16(19(23)24)10-12-6-3-2-4-7-12/h5,8-9,11-12,16,20H,2-4,6-7,10H2,1H3,(H,21,22)(H,23,24)/t16-/m0/s1. The summed E-state index contributed by atoms with van der Waals surface area (Å²) >= 11 is 0. The van der Waals surface area contributed by atoms with Crippen molar-refractivity contribution in [2.24, 2.45) is 5.92 Å². The second kappa shape index (κ2) is 7.59. The van der Waals surface area contributed by atoms with Crippen LogP contribution in [-0.2, 0) is 4.79 Å². The molecule has 1 aromatic carbocycles. The molecule has 1 aliphatic carbocycles. The maximum Gasteiger partial charge on any atom is 0.326 e. The molecule has 134 valence electrons. The molecule has 1 aliphatic rings. The number of methoxy groups -OCH3 is 1. The molecule has 0 aliphatic heterocycles. The van der Waals surface area contributed by atoms with Gasteiger partial charge in [0.1, 0.15) is 17.5 Å². The summed E-state index contributed by atoms with van der Waals surface area (Å²) in [6, 6.07) is 6.35. The first-order valence-electron chi connectivity index (χ1n) is 8.78. The van der Waals surface area contributed by atoms with Crippen LogP contribution in [0.15, 0.2) is 24.3 Å². The second-order valence-corrected chi connectivity index (χ2v) is 6.71. The Kier molecular flexibility index (Phi) is 5.26. The van der Waals surface area contributed by atoms with E-state index in [0.717, 1.165) is 36.6 Å². The lowest BCUT2D eigenvalue weighted by Gasteiger charge is -2.24. The molecule has 25 heavy (non-hydrogen) atoms. The van der Waals surface area contributed by atoms with Crippen LogP contribution in [0.25, 0.3) is 10.9 Å². The lowest BCUT2D eigenvalue weighted by Crippen LogP contribution is -2.42. The highest BCUT2D eigenvalue weighted by molar-refractivity contribution is 6.00. The molecule has 6 heteroatoms. The van der Waals surface area contributed by atoms with Crippen molar-refractivity contribution in [2.75, 3.05) is 7.11 Å². The SMILES string of the molecule is COc1cccc2[nH]c(C(=O)N[C@@H](CC3CCCCC3)C(=O)O)cc12. The average Bonchev–Trinajstić information content (AvgIpc) is 3.06. The van der Waals surface area contributed by atoms with Gasteiger partial charge < -0.3 is 20.1 Å². The van der Waals surface area contributed by atoms with Gasteiger partial charge in [-0.15, -0.1) is 0 Å². The zero-order chi connectivity index (χ0) is 17.8. The molecule has 2 aromatic rings. The van der Waals surface area contributed by atoms with Gasteiger partial charge >= 0.3 is 5.97 Å². The summed E-state index contributed by atoms with van der Waals surface area (Å²) in [5, 5.41) is 12.9. The van der Waals surface area contributed by atoms with E-state index in [1.165, 1.54) is 6.42 Å². The number of amides is 1. The monoisotopic (exact) mass is 344 g/mol. The van der Waals surface area contributed by atoms with Crippen LogP contribution in [0, 0.1) is 5.92 Å². The molecular formula is C19H24N2O4. The zero-order valence-corrected chi connectivity index (χ0v) is 14.4. The molecule has 3 rings (SSSR count). The van der Waals surface area contributed by atoms with Gasteiger partial charge in [-0.1, -0.05) is 38.2 Å². The normalized spacial score (nSPS) is 16.5. The predicted molar refractivity (Wildman–Crippen MR) is 94.9 cm³/mol. The fraction of sp³-hybridized carbons (Fsp3) is 0.474. The van der Waals surface area contributed by atoms with Gasteiger partial charge in [-0.05, 0) is 30.5 Å². The number of carbonyl (C=O) groups is 2. The first-order valence-corrected chi connectivity index (χ1v) is 8.78. The molecule has 1 amide bonds. The number of benzene rings is 1. The molecule has 1 fully saturated rings. The molecule has 6 nitrogen and oxygen atoms in total. The maximum absolute atomic E-state index is 12.5. The number of aliphatic carboxylic acids is 1. The first-order chi connectivity index (χ1) is 12.1. The van der Waals surface area contributed by atoms with E-state index >= 15 is 0 Å². The number of aromatic nitrogens is 1. The van der Waals surface area contributed by atoms with Crippen molar-refractivity contribution in [3.05, 3.63) is 30.0 Å². The van der Waals surface area contributed by atoms with Gasteiger partial charge in [0.15, 0.2) is 0 Å². The van der Waals surface area contributed by atoms with Crippen LogP contribution in [0.1, 0.15) is 49.0 Å². The minimum atomic E-state index is -0.979. The van der Waals surface area contributed by atoms with Crippen molar-refractivity contribution in [2.45, 2.75) is 44.6 Å². The highest BCUT2D eigenvalue weighted by Crippen LogP contribution is 2.28. The number of H-pyrrole nitrogens is 1. The van der Waals surface area contributed by atoms with E-state index in [9.17, 15) is 14.7 Å². The largest absolute Gasteiger partial charge is 0.496 e. The number of aromatic amines is 1. The van der Waals surface area contributed by atoms with Gasteiger partial charge in [0.05, 0.1) is 7.11 Å². The third-order valence-electron chi connectivity index (χ3n) is 4.99. The van der Waals surface area contributed by atoms with Crippen LogP contribution in [-0.4, -0.2) is 35.1 Å². The Labute approximate surface area is 146 Å². The van der Waals surface area contributed by atoms with E-state index in [4.69, 9.17) is 4.74 Å². The summed E-state index contributed by atoms with van der Waals surface area (Å²) in [7, 11) is 1.58. The number of ether oxygens (including phenoxy) is 1. The van der Waals surface area contributed by atoms with Crippen LogP contribution in [0.3, 0.4) is 0 Å². The minimum absolute atomic E-state index is 0.342. The Morgan fingerprint density at radius 3 is 2.76 bits per heavy atom. The van der Waals surface area contributed by atoms with Gasteiger partial charge in [0, 0.05) is 10.9 Å². The molecular weight excluding hydrogens is 320 g/mol. The van der Waals surface area contributed by atoms with Crippen molar-refractivity contribution in [3.8, 4) is 5.75 Å². The topological polar surface area (TPSA) is 91.4 Å². The van der Waals surface area contributed by atoms with Crippen LogP contribution < -0.4 is 10.1 Å². The fourth-order valence-corrected chi connectivity index (χ4v) is 3.64. The number of nitrogens with one attached hydrogen (secondary N) is 2. The highest BCUT2D eigenvalue weighted by atomic mass is 16.5. The summed E-state index contributed by atoms with van der Waals surface area (Å²) < 4.78 is 5.29. The molecule has 1 heterocycles. The Balaban J connectivity index is 1.73. The lowest BCUT2D eigenvalue weighted by molar-refractivity contribution is -0.139. The summed E-state index contributed by atoms with van der Waals surface area (Å²) in [6.45, 7) is 0. The van der Waals surface area contributed by atoms with Crippen LogP contribution in [0.2, 0.25) is 0 Å². The summed E-state index contributed by atoms with van der Waals surface area (Å²) in [6.07, 6.45) is 6.09. The molecule has 0 radical (unpaired) electrons. The summed E-state index contributed by atoms with van der Waals surface area (Å²) in [5.41, 5.74) is 1.12. The van der Waals surface area contributed by atoms with E-state index in [-0.39, 0.29) is 0 Å². The fourth-order valence-electron chi connectivity index (χ4n) is 3.64.